The van der Waals surface area contributed by atoms with Gasteiger partial charge in [-0.2, -0.15) is 0 Å². The lowest BCUT2D eigenvalue weighted by Crippen LogP contribution is -2.41. The van der Waals surface area contributed by atoms with Crippen molar-refractivity contribution in [2.24, 2.45) is 0 Å². The molecule has 0 N–H and O–H groups in total. The summed E-state index contributed by atoms with van der Waals surface area (Å²) in [5, 5.41) is 0. The Morgan fingerprint density at radius 2 is 1.67 bits per heavy atom. The molecule has 2 aromatic carbocycles. The van der Waals surface area contributed by atoms with Crippen LogP contribution in [0.5, 0.6) is 0 Å². The van der Waals surface area contributed by atoms with Crippen LogP contribution in [0, 0.1) is 5.82 Å². The molecule has 172 valence electrons. The molecule has 4 rings (SSSR count). The normalized spacial score (nSPS) is 15.9. The second-order valence-electron chi connectivity index (χ2n) is 9.69. The number of nitrogens with zero attached hydrogens (tertiary/aromatic N) is 3. The number of aromatic nitrogens is 1. The van der Waals surface area contributed by atoms with E-state index in [0.29, 0.717) is 5.69 Å². The Morgan fingerprint density at radius 1 is 0.970 bits per heavy atom. The number of amides is 1. The van der Waals surface area contributed by atoms with E-state index in [4.69, 9.17) is 0 Å². The molecule has 0 saturated heterocycles. The maximum atomic E-state index is 13.2. The van der Waals surface area contributed by atoms with E-state index in [-0.39, 0.29) is 23.3 Å². The van der Waals surface area contributed by atoms with Crippen LogP contribution in [0.3, 0.4) is 0 Å². The molecule has 1 aliphatic carbocycles. The zero-order valence-electron chi connectivity index (χ0n) is 20.1. The SMILES string of the molecule is CN(C(=O)c1ccc(-c2ccc(F)cc2)cn1)C1CCc2cc(C(C)(C)N(C)C)ccc2C1. The Morgan fingerprint density at radius 3 is 2.30 bits per heavy atom. The summed E-state index contributed by atoms with van der Waals surface area (Å²) in [6.45, 7) is 4.47. The highest BCUT2D eigenvalue weighted by atomic mass is 19.1. The minimum absolute atomic E-state index is 0.0234. The molecule has 0 saturated carbocycles. The Labute approximate surface area is 196 Å². The van der Waals surface area contributed by atoms with Crippen LogP contribution in [0.2, 0.25) is 0 Å². The van der Waals surface area contributed by atoms with Crippen molar-refractivity contribution in [1.29, 1.82) is 0 Å². The van der Waals surface area contributed by atoms with Crippen LogP contribution in [-0.2, 0) is 18.4 Å². The average molecular weight is 446 g/mol. The Kier molecular flexibility index (Phi) is 6.35. The quantitative estimate of drug-likeness (QED) is 0.534. The van der Waals surface area contributed by atoms with Gasteiger partial charge in [-0.3, -0.25) is 9.78 Å². The molecule has 5 heteroatoms. The highest BCUT2D eigenvalue weighted by molar-refractivity contribution is 5.92. The van der Waals surface area contributed by atoms with Crippen LogP contribution in [-0.4, -0.2) is 47.9 Å². The molecule has 0 bridgehead atoms. The zero-order valence-corrected chi connectivity index (χ0v) is 20.1. The third kappa shape index (κ3) is 4.69. The van der Waals surface area contributed by atoms with E-state index in [1.54, 1.807) is 24.4 Å². The second kappa shape index (κ2) is 9.06. The summed E-state index contributed by atoms with van der Waals surface area (Å²) < 4.78 is 13.2. The topological polar surface area (TPSA) is 36.4 Å². The summed E-state index contributed by atoms with van der Waals surface area (Å²) in [5.74, 6) is -0.341. The predicted molar refractivity (Wildman–Crippen MR) is 131 cm³/mol. The van der Waals surface area contributed by atoms with Crippen molar-refractivity contribution in [3.05, 3.63) is 89.0 Å². The molecular weight excluding hydrogens is 413 g/mol. The lowest BCUT2D eigenvalue weighted by molar-refractivity contribution is 0.0713. The van der Waals surface area contributed by atoms with Gasteiger partial charge in [0.15, 0.2) is 0 Å². The predicted octanol–water partition coefficient (Wildman–Crippen LogP) is 5.31. The Bertz CT molecular complexity index is 1140. The minimum Gasteiger partial charge on any atom is -0.337 e. The number of pyridine rings is 1. The largest absolute Gasteiger partial charge is 0.337 e. The van der Waals surface area contributed by atoms with Crippen LogP contribution < -0.4 is 0 Å². The molecule has 3 aromatic rings. The first-order valence-corrected chi connectivity index (χ1v) is 11.5. The van der Waals surface area contributed by atoms with Crippen LogP contribution in [0.1, 0.15) is 47.4 Å². The van der Waals surface area contributed by atoms with Crippen LogP contribution >= 0.6 is 0 Å². The number of aryl methyl sites for hydroxylation is 1. The fourth-order valence-corrected chi connectivity index (χ4v) is 4.39. The summed E-state index contributed by atoms with van der Waals surface area (Å²) in [5.41, 5.74) is 6.17. The van der Waals surface area contributed by atoms with E-state index in [1.807, 2.05) is 18.0 Å². The van der Waals surface area contributed by atoms with Gasteiger partial charge in [0.05, 0.1) is 0 Å². The minimum atomic E-state index is -0.271. The fraction of sp³-hybridized carbons (Fsp3) is 0.357. The molecular formula is C28H32FN3O. The number of rotatable bonds is 5. The summed E-state index contributed by atoms with van der Waals surface area (Å²) in [7, 11) is 6.09. The molecule has 1 amide bonds. The summed E-state index contributed by atoms with van der Waals surface area (Å²) >= 11 is 0. The third-order valence-electron chi connectivity index (χ3n) is 7.26. The molecule has 1 heterocycles. The van der Waals surface area contributed by atoms with Gasteiger partial charge in [-0.1, -0.05) is 36.4 Å². The van der Waals surface area contributed by atoms with Crippen molar-refractivity contribution in [3.63, 3.8) is 0 Å². The van der Waals surface area contributed by atoms with E-state index in [0.717, 1.165) is 30.4 Å². The summed E-state index contributed by atoms with van der Waals surface area (Å²) in [6, 6.07) is 16.8. The second-order valence-corrected chi connectivity index (χ2v) is 9.69. The number of halogens is 1. The first-order valence-electron chi connectivity index (χ1n) is 11.5. The van der Waals surface area contributed by atoms with Crippen molar-refractivity contribution < 1.29 is 9.18 Å². The van der Waals surface area contributed by atoms with E-state index >= 15 is 0 Å². The number of carbonyl (C=O) groups excluding carboxylic acids is 1. The van der Waals surface area contributed by atoms with Crippen LogP contribution in [0.4, 0.5) is 4.39 Å². The molecule has 0 spiro atoms. The van der Waals surface area contributed by atoms with Gasteiger partial charge in [0, 0.05) is 30.4 Å². The Balaban J connectivity index is 1.46. The van der Waals surface area contributed by atoms with Crippen molar-refractivity contribution in [2.75, 3.05) is 21.1 Å². The van der Waals surface area contributed by atoms with Gasteiger partial charge >= 0.3 is 0 Å². The molecule has 0 radical (unpaired) electrons. The van der Waals surface area contributed by atoms with Gasteiger partial charge in [-0.05, 0) is 87.7 Å². The van der Waals surface area contributed by atoms with Gasteiger partial charge in [0.25, 0.3) is 5.91 Å². The summed E-state index contributed by atoms with van der Waals surface area (Å²) in [4.78, 5) is 21.6. The van der Waals surface area contributed by atoms with E-state index in [2.05, 4.69) is 56.0 Å². The highest BCUT2D eigenvalue weighted by Crippen LogP contribution is 2.31. The fourth-order valence-electron chi connectivity index (χ4n) is 4.39. The van der Waals surface area contributed by atoms with Crippen molar-refractivity contribution >= 4 is 5.91 Å². The van der Waals surface area contributed by atoms with Gasteiger partial charge in [-0.25, -0.2) is 4.39 Å². The first-order chi connectivity index (χ1) is 15.7. The van der Waals surface area contributed by atoms with Crippen molar-refractivity contribution in [3.8, 4) is 11.1 Å². The number of hydrogen-bond donors (Lipinski definition) is 0. The average Bonchev–Trinajstić information content (AvgIpc) is 2.83. The van der Waals surface area contributed by atoms with E-state index < -0.39 is 0 Å². The van der Waals surface area contributed by atoms with E-state index in [9.17, 15) is 9.18 Å². The smallest absolute Gasteiger partial charge is 0.272 e. The molecule has 1 unspecified atom stereocenters. The van der Waals surface area contributed by atoms with Gasteiger partial charge in [0.1, 0.15) is 11.5 Å². The van der Waals surface area contributed by atoms with Gasteiger partial charge < -0.3 is 9.80 Å². The van der Waals surface area contributed by atoms with Crippen LogP contribution in [0.25, 0.3) is 11.1 Å². The van der Waals surface area contributed by atoms with Crippen molar-refractivity contribution in [1.82, 2.24) is 14.8 Å². The number of hydrogen-bond acceptors (Lipinski definition) is 3. The Hall–Kier alpha value is -3.05. The number of carbonyl (C=O) groups is 1. The monoisotopic (exact) mass is 445 g/mol. The number of benzene rings is 2. The standard InChI is InChI=1S/C28H32FN3O/c1-28(2,31(3)4)23-11-6-21-17-25(14-9-20(21)16-23)32(5)27(33)26-15-10-22(18-30-26)19-7-12-24(29)13-8-19/h6-8,10-13,15-16,18,25H,9,14,17H2,1-5H3. The van der Waals surface area contributed by atoms with Gasteiger partial charge in [0.2, 0.25) is 0 Å². The molecule has 1 aromatic heterocycles. The third-order valence-corrected chi connectivity index (χ3v) is 7.26. The summed E-state index contributed by atoms with van der Waals surface area (Å²) in [6.07, 6.45) is 4.44. The molecule has 0 fully saturated rings. The number of likely N-dealkylation sites (N-methyl/N-ethyl adjacent to an activating group) is 1. The number of fused-ring (bicyclic) bond motifs is 1. The molecule has 0 aliphatic heterocycles. The lowest BCUT2D eigenvalue weighted by Gasteiger charge is -2.36. The van der Waals surface area contributed by atoms with Crippen LogP contribution in [0.15, 0.2) is 60.8 Å². The van der Waals surface area contributed by atoms with Gasteiger partial charge in [-0.15, -0.1) is 0 Å². The van der Waals surface area contributed by atoms with E-state index in [1.165, 1.54) is 28.8 Å². The molecule has 1 atom stereocenters. The van der Waals surface area contributed by atoms with Crippen molar-refractivity contribution in [2.45, 2.75) is 44.7 Å². The lowest BCUT2D eigenvalue weighted by atomic mass is 9.83. The highest BCUT2D eigenvalue weighted by Gasteiger charge is 2.29. The molecule has 33 heavy (non-hydrogen) atoms. The molecule has 4 nitrogen and oxygen atoms in total. The maximum absolute atomic E-state index is 13.2. The molecule has 1 aliphatic rings. The first kappa shape index (κ1) is 23.1. The zero-order chi connectivity index (χ0) is 23.8. The maximum Gasteiger partial charge on any atom is 0.272 e.